The molecule has 1 aliphatic heterocycles. The molecule has 34 heavy (non-hydrogen) atoms. The van der Waals surface area contributed by atoms with Crippen LogP contribution in [-0.2, 0) is 25.0 Å². The van der Waals surface area contributed by atoms with E-state index >= 15 is 0 Å². The molecule has 3 aromatic rings. The second-order valence-corrected chi connectivity index (χ2v) is 11.7. The molecular weight excluding hydrogens is 456 g/mol. The Hall–Kier alpha value is -3.40. The third-order valence-corrected chi connectivity index (χ3v) is 8.06. The van der Waals surface area contributed by atoms with E-state index in [0.29, 0.717) is 30.3 Å². The SMILES string of the molecule is CC(C)(C)OC(=O)N[C@@H]1CC[C@@]2(C1)C(=O)Nc1cnc3c(ccn3S(=O)(=O)c3ccccc3)c12. The summed E-state index contributed by atoms with van der Waals surface area (Å²) in [5, 5.41) is 6.39. The number of benzene rings is 1. The monoisotopic (exact) mass is 482 g/mol. The number of fused-ring (bicyclic) bond motifs is 4. The summed E-state index contributed by atoms with van der Waals surface area (Å²) in [5.74, 6) is -0.163. The minimum atomic E-state index is -3.86. The Balaban J connectivity index is 1.52. The van der Waals surface area contributed by atoms with Crippen molar-refractivity contribution in [2.75, 3.05) is 5.32 Å². The summed E-state index contributed by atoms with van der Waals surface area (Å²) < 4.78 is 33.0. The maximum absolute atomic E-state index is 13.3. The van der Waals surface area contributed by atoms with Gasteiger partial charge in [-0.05, 0) is 58.2 Å². The summed E-state index contributed by atoms with van der Waals surface area (Å²) in [7, 11) is -3.86. The van der Waals surface area contributed by atoms with Gasteiger partial charge in [-0.2, -0.15) is 0 Å². The third-order valence-electron chi connectivity index (χ3n) is 6.38. The molecule has 1 spiro atoms. The largest absolute Gasteiger partial charge is 0.444 e. The van der Waals surface area contributed by atoms with Crippen molar-refractivity contribution >= 4 is 38.7 Å². The number of alkyl carbamates (subject to hydrolysis) is 1. The highest BCUT2D eigenvalue weighted by Gasteiger charge is 2.53. The number of amides is 2. The molecule has 2 amide bonds. The van der Waals surface area contributed by atoms with Gasteiger partial charge in [0, 0.05) is 23.2 Å². The van der Waals surface area contributed by atoms with Crippen LogP contribution >= 0.6 is 0 Å². The number of nitrogens with one attached hydrogen (secondary N) is 2. The van der Waals surface area contributed by atoms with Crippen molar-refractivity contribution in [2.45, 2.75) is 62.0 Å². The van der Waals surface area contributed by atoms with Crippen LogP contribution in [0.2, 0.25) is 0 Å². The van der Waals surface area contributed by atoms with E-state index in [2.05, 4.69) is 15.6 Å². The van der Waals surface area contributed by atoms with Crippen molar-refractivity contribution in [3.05, 3.63) is 54.4 Å². The fraction of sp³-hybridized carbons (Fsp3) is 0.375. The summed E-state index contributed by atoms with van der Waals surface area (Å²) in [5.41, 5.74) is 0.0759. The Labute approximate surface area is 197 Å². The van der Waals surface area contributed by atoms with Gasteiger partial charge in [-0.15, -0.1) is 0 Å². The first-order valence-electron chi connectivity index (χ1n) is 11.1. The van der Waals surface area contributed by atoms with Gasteiger partial charge in [0.2, 0.25) is 5.91 Å². The average Bonchev–Trinajstić information content (AvgIpc) is 3.44. The fourth-order valence-electron chi connectivity index (χ4n) is 5.00. The van der Waals surface area contributed by atoms with Crippen molar-refractivity contribution in [1.29, 1.82) is 0 Å². The number of carbonyl (C=O) groups is 2. The number of pyridine rings is 1. The summed E-state index contributed by atoms with van der Waals surface area (Å²) in [6.45, 7) is 5.38. The van der Waals surface area contributed by atoms with Gasteiger partial charge < -0.3 is 15.4 Å². The minimum Gasteiger partial charge on any atom is -0.444 e. The van der Waals surface area contributed by atoms with E-state index in [-0.39, 0.29) is 22.5 Å². The number of carbonyl (C=O) groups excluding carboxylic acids is 2. The van der Waals surface area contributed by atoms with Gasteiger partial charge in [0.1, 0.15) is 5.60 Å². The fourth-order valence-corrected chi connectivity index (χ4v) is 6.33. The molecule has 0 saturated heterocycles. The molecule has 1 aromatic carbocycles. The first-order chi connectivity index (χ1) is 16.0. The molecule has 1 aliphatic carbocycles. The van der Waals surface area contributed by atoms with E-state index < -0.39 is 27.1 Å². The van der Waals surface area contributed by atoms with Gasteiger partial charge in [-0.25, -0.2) is 22.2 Å². The highest BCUT2D eigenvalue weighted by Crippen LogP contribution is 2.51. The van der Waals surface area contributed by atoms with Gasteiger partial charge in [0.25, 0.3) is 10.0 Å². The number of ether oxygens (including phenoxy) is 1. The van der Waals surface area contributed by atoms with Crippen molar-refractivity contribution in [3.8, 4) is 0 Å². The summed E-state index contributed by atoms with van der Waals surface area (Å²) in [6, 6.07) is 9.59. The van der Waals surface area contributed by atoms with Crippen molar-refractivity contribution in [1.82, 2.24) is 14.3 Å². The minimum absolute atomic E-state index is 0.154. The van der Waals surface area contributed by atoms with Crippen LogP contribution in [0.5, 0.6) is 0 Å². The number of hydrogen-bond acceptors (Lipinski definition) is 6. The van der Waals surface area contributed by atoms with E-state index in [1.54, 1.807) is 45.0 Å². The molecule has 2 aromatic heterocycles. The molecule has 2 aliphatic rings. The predicted octanol–water partition coefficient (Wildman–Crippen LogP) is 3.54. The molecule has 178 valence electrons. The first-order valence-corrected chi connectivity index (χ1v) is 12.6. The standard InChI is InChI=1S/C24H26N4O5S/c1-23(2,3)33-22(30)26-15-9-11-24(13-15)19-17-10-12-28(20(17)25-14-18(19)27-21(24)29)34(31,32)16-7-5-4-6-8-16/h4-8,10,12,14-15H,9,11,13H2,1-3H3,(H,26,30)(H,27,29)/t15-,24+/m1/s1. The van der Waals surface area contributed by atoms with Crippen LogP contribution in [0.1, 0.15) is 45.6 Å². The molecule has 1 fully saturated rings. The lowest BCUT2D eigenvalue weighted by atomic mass is 9.79. The number of aromatic nitrogens is 2. The second-order valence-electron chi connectivity index (χ2n) is 9.84. The zero-order valence-electron chi connectivity index (χ0n) is 19.2. The van der Waals surface area contributed by atoms with E-state index in [9.17, 15) is 18.0 Å². The summed E-state index contributed by atoms with van der Waals surface area (Å²) >= 11 is 0. The summed E-state index contributed by atoms with van der Waals surface area (Å²) in [6.07, 6.45) is 3.97. The van der Waals surface area contributed by atoms with E-state index in [1.165, 1.54) is 24.5 Å². The first kappa shape index (κ1) is 22.4. The van der Waals surface area contributed by atoms with Crippen molar-refractivity contribution in [3.63, 3.8) is 0 Å². The van der Waals surface area contributed by atoms with Crippen LogP contribution < -0.4 is 10.6 Å². The van der Waals surface area contributed by atoms with Gasteiger partial charge in [0.15, 0.2) is 5.65 Å². The Morgan fingerprint density at radius 2 is 1.97 bits per heavy atom. The molecule has 2 atom stereocenters. The normalized spacial score (nSPS) is 22.1. The van der Waals surface area contributed by atoms with Crippen LogP contribution in [-0.4, -0.2) is 41.0 Å². The van der Waals surface area contributed by atoms with Crippen LogP contribution in [0, 0.1) is 0 Å². The number of anilines is 1. The molecule has 0 unspecified atom stereocenters. The second kappa shape index (κ2) is 7.56. The van der Waals surface area contributed by atoms with Gasteiger partial charge in [-0.1, -0.05) is 18.2 Å². The Morgan fingerprint density at radius 1 is 1.24 bits per heavy atom. The van der Waals surface area contributed by atoms with E-state index in [1.807, 2.05) is 0 Å². The van der Waals surface area contributed by atoms with Gasteiger partial charge in [-0.3, -0.25) is 4.79 Å². The predicted molar refractivity (Wildman–Crippen MR) is 126 cm³/mol. The quantitative estimate of drug-likeness (QED) is 0.589. The Morgan fingerprint density at radius 3 is 2.68 bits per heavy atom. The van der Waals surface area contributed by atoms with E-state index in [4.69, 9.17) is 4.74 Å². The Bertz CT molecular complexity index is 1410. The zero-order valence-corrected chi connectivity index (χ0v) is 20.0. The number of nitrogens with zero attached hydrogens (tertiary/aromatic N) is 2. The lowest BCUT2D eigenvalue weighted by molar-refractivity contribution is -0.120. The van der Waals surface area contributed by atoms with Crippen molar-refractivity contribution < 1.29 is 22.7 Å². The number of rotatable bonds is 3. The molecule has 0 bridgehead atoms. The molecule has 3 heterocycles. The van der Waals surface area contributed by atoms with E-state index in [0.717, 1.165) is 9.54 Å². The molecule has 9 nitrogen and oxygen atoms in total. The van der Waals surface area contributed by atoms with Crippen molar-refractivity contribution in [2.24, 2.45) is 0 Å². The molecule has 5 rings (SSSR count). The van der Waals surface area contributed by atoms with Crippen LogP contribution in [0.4, 0.5) is 10.5 Å². The third kappa shape index (κ3) is 3.53. The van der Waals surface area contributed by atoms with Crippen LogP contribution in [0.25, 0.3) is 11.0 Å². The topological polar surface area (TPSA) is 119 Å². The highest BCUT2D eigenvalue weighted by molar-refractivity contribution is 7.90. The zero-order chi connectivity index (χ0) is 24.3. The Kier molecular flexibility index (Phi) is 4.98. The summed E-state index contributed by atoms with van der Waals surface area (Å²) in [4.78, 5) is 30.0. The maximum Gasteiger partial charge on any atom is 0.407 e. The van der Waals surface area contributed by atoms with Gasteiger partial charge in [0.05, 0.1) is 22.2 Å². The molecular formula is C24H26N4O5S. The molecule has 10 heteroatoms. The maximum atomic E-state index is 13.3. The van der Waals surface area contributed by atoms with Gasteiger partial charge >= 0.3 is 6.09 Å². The smallest absolute Gasteiger partial charge is 0.407 e. The lowest BCUT2D eigenvalue weighted by Crippen LogP contribution is -2.40. The molecule has 0 radical (unpaired) electrons. The average molecular weight is 483 g/mol. The molecule has 1 saturated carbocycles. The van der Waals surface area contributed by atoms with Crippen LogP contribution in [0.3, 0.4) is 0 Å². The number of hydrogen-bond donors (Lipinski definition) is 2. The lowest BCUT2D eigenvalue weighted by Gasteiger charge is -2.24. The highest BCUT2D eigenvalue weighted by atomic mass is 32.2. The molecule has 2 N–H and O–H groups in total. The van der Waals surface area contributed by atoms with Crippen LogP contribution in [0.15, 0.2) is 53.7 Å².